The first-order valence-electron chi connectivity index (χ1n) is 4.75. The van der Waals surface area contributed by atoms with Crippen LogP contribution in [0.3, 0.4) is 0 Å². The average Bonchev–Trinajstić information content (AvgIpc) is 2.89. The van der Waals surface area contributed by atoms with Gasteiger partial charge < -0.3 is 11.1 Å². The lowest BCUT2D eigenvalue weighted by Gasteiger charge is -2.08. The number of hydrogen-bond acceptors (Lipinski definition) is 2. The number of nitrogens with two attached hydrogens (primary N) is 1. The lowest BCUT2D eigenvalue weighted by Crippen LogP contribution is -2.44. The van der Waals surface area contributed by atoms with Crippen LogP contribution in [0, 0.1) is 5.92 Å². The Morgan fingerprint density at radius 2 is 2.33 bits per heavy atom. The Kier molecular flexibility index (Phi) is 1.65. The summed E-state index contributed by atoms with van der Waals surface area (Å²) in [5, 5.41) is 2.99. The van der Waals surface area contributed by atoms with Gasteiger partial charge in [-0.15, -0.1) is 0 Å². The molecule has 3 nitrogen and oxygen atoms in total. The zero-order valence-corrected chi connectivity index (χ0v) is 7.47. The Hall–Kier alpha value is -0.570. The zero-order valence-electron chi connectivity index (χ0n) is 7.47. The molecule has 0 radical (unpaired) electrons. The molecule has 0 aromatic rings. The van der Waals surface area contributed by atoms with Gasteiger partial charge in [-0.3, -0.25) is 4.79 Å². The highest BCUT2D eigenvalue weighted by atomic mass is 16.2. The van der Waals surface area contributed by atoms with Gasteiger partial charge in [0.05, 0.1) is 5.54 Å². The Balaban J connectivity index is 1.77. The summed E-state index contributed by atoms with van der Waals surface area (Å²) in [7, 11) is 0. The fourth-order valence-electron chi connectivity index (χ4n) is 1.55. The standard InChI is InChI=1S/C9H16N2O/c1-2-6-5-7(6)11-8(12)9(10)3-4-9/h6-7H,2-5,10H2,1H3,(H,11,12). The van der Waals surface area contributed by atoms with Crippen molar-refractivity contribution >= 4 is 5.91 Å². The second kappa shape index (κ2) is 2.46. The molecular weight excluding hydrogens is 152 g/mol. The second-order valence-corrected chi connectivity index (χ2v) is 4.14. The molecule has 2 fully saturated rings. The molecular formula is C9H16N2O. The quantitative estimate of drug-likeness (QED) is 0.640. The summed E-state index contributed by atoms with van der Waals surface area (Å²) < 4.78 is 0. The molecule has 0 bridgehead atoms. The van der Waals surface area contributed by atoms with Gasteiger partial charge in [-0.25, -0.2) is 0 Å². The molecule has 2 aliphatic rings. The molecule has 2 atom stereocenters. The second-order valence-electron chi connectivity index (χ2n) is 4.14. The smallest absolute Gasteiger partial charge is 0.240 e. The summed E-state index contributed by atoms with van der Waals surface area (Å²) >= 11 is 0. The van der Waals surface area contributed by atoms with Gasteiger partial charge in [-0.2, -0.15) is 0 Å². The highest BCUT2D eigenvalue weighted by molar-refractivity contribution is 5.89. The molecule has 0 saturated heterocycles. The summed E-state index contributed by atoms with van der Waals surface area (Å²) in [6.07, 6.45) is 4.05. The van der Waals surface area contributed by atoms with Gasteiger partial charge in [0.25, 0.3) is 0 Å². The molecule has 68 valence electrons. The minimum atomic E-state index is -0.485. The zero-order chi connectivity index (χ0) is 8.77. The maximum atomic E-state index is 11.4. The molecule has 2 rings (SSSR count). The monoisotopic (exact) mass is 168 g/mol. The molecule has 0 spiro atoms. The van der Waals surface area contributed by atoms with Gasteiger partial charge in [0.15, 0.2) is 0 Å². The van der Waals surface area contributed by atoms with Crippen LogP contribution in [0.2, 0.25) is 0 Å². The van der Waals surface area contributed by atoms with E-state index in [-0.39, 0.29) is 5.91 Å². The van der Waals surface area contributed by atoms with Gasteiger partial charge in [0.1, 0.15) is 0 Å². The van der Waals surface area contributed by atoms with Crippen molar-refractivity contribution in [3.05, 3.63) is 0 Å². The van der Waals surface area contributed by atoms with E-state index in [9.17, 15) is 4.79 Å². The summed E-state index contributed by atoms with van der Waals surface area (Å²) in [6.45, 7) is 2.16. The summed E-state index contributed by atoms with van der Waals surface area (Å²) in [5.41, 5.74) is 5.26. The van der Waals surface area contributed by atoms with Crippen LogP contribution in [0.15, 0.2) is 0 Å². The van der Waals surface area contributed by atoms with E-state index in [1.165, 1.54) is 6.42 Å². The number of carbonyl (C=O) groups is 1. The molecule has 0 aromatic carbocycles. The lowest BCUT2D eigenvalue weighted by molar-refractivity contribution is -0.123. The number of carbonyl (C=O) groups excluding carboxylic acids is 1. The normalized spacial score (nSPS) is 35.8. The van der Waals surface area contributed by atoms with Crippen molar-refractivity contribution in [2.45, 2.75) is 44.2 Å². The molecule has 1 amide bonds. The van der Waals surface area contributed by atoms with E-state index in [1.54, 1.807) is 0 Å². The van der Waals surface area contributed by atoms with Crippen LogP contribution < -0.4 is 11.1 Å². The largest absolute Gasteiger partial charge is 0.351 e. The maximum absolute atomic E-state index is 11.4. The van der Waals surface area contributed by atoms with E-state index in [1.807, 2.05) is 0 Å². The third-order valence-electron chi connectivity index (χ3n) is 3.00. The van der Waals surface area contributed by atoms with Crippen LogP contribution in [0.5, 0.6) is 0 Å². The average molecular weight is 168 g/mol. The fourth-order valence-corrected chi connectivity index (χ4v) is 1.55. The Morgan fingerprint density at radius 1 is 1.67 bits per heavy atom. The molecule has 3 heteroatoms. The third-order valence-corrected chi connectivity index (χ3v) is 3.00. The van der Waals surface area contributed by atoms with Crippen LogP contribution >= 0.6 is 0 Å². The predicted octanol–water partition coefficient (Wildman–Crippen LogP) is 0.392. The fraction of sp³-hybridized carbons (Fsp3) is 0.889. The SMILES string of the molecule is CCC1CC1NC(=O)C1(N)CC1. The molecule has 0 heterocycles. The summed E-state index contributed by atoms with van der Waals surface area (Å²) in [6, 6.07) is 0.434. The highest BCUT2D eigenvalue weighted by Gasteiger charge is 2.48. The van der Waals surface area contributed by atoms with E-state index < -0.39 is 5.54 Å². The molecule has 2 unspecified atom stereocenters. The van der Waals surface area contributed by atoms with Gasteiger partial charge in [-0.1, -0.05) is 13.3 Å². The number of amides is 1. The molecule has 3 N–H and O–H groups in total. The van der Waals surface area contributed by atoms with E-state index >= 15 is 0 Å². The minimum absolute atomic E-state index is 0.0726. The van der Waals surface area contributed by atoms with Crippen LogP contribution in [0.1, 0.15) is 32.6 Å². The molecule has 12 heavy (non-hydrogen) atoms. The number of nitrogens with one attached hydrogen (secondary N) is 1. The van der Waals surface area contributed by atoms with E-state index in [0.717, 1.165) is 25.2 Å². The van der Waals surface area contributed by atoms with Gasteiger partial charge >= 0.3 is 0 Å². The van der Waals surface area contributed by atoms with Crippen molar-refractivity contribution in [1.82, 2.24) is 5.32 Å². The lowest BCUT2D eigenvalue weighted by atomic mass is 10.2. The van der Waals surface area contributed by atoms with Crippen LogP contribution in [-0.2, 0) is 4.79 Å². The Bertz CT molecular complexity index is 211. The first kappa shape index (κ1) is 8.05. The van der Waals surface area contributed by atoms with E-state index in [0.29, 0.717) is 6.04 Å². The van der Waals surface area contributed by atoms with Crippen molar-refractivity contribution < 1.29 is 4.79 Å². The van der Waals surface area contributed by atoms with Crippen LogP contribution in [0.4, 0.5) is 0 Å². The maximum Gasteiger partial charge on any atom is 0.240 e. The number of hydrogen-bond donors (Lipinski definition) is 2. The van der Waals surface area contributed by atoms with Gasteiger partial charge in [-0.05, 0) is 25.2 Å². The third kappa shape index (κ3) is 1.33. The van der Waals surface area contributed by atoms with Crippen LogP contribution in [-0.4, -0.2) is 17.5 Å². The molecule has 2 saturated carbocycles. The molecule has 0 aliphatic heterocycles. The van der Waals surface area contributed by atoms with Crippen molar-refractivity contribution in [3.8, 4) is 0 Å². The van der Waals surface area contributed by atoms with Gasteiger partial charge in [0, 0.05) is 6.04 Å². The van der Waals surface area contributed by atoms with E-state index in [4.69, 9.17) is 5.73 Å². The topological polar surface area (TPSA) is 55.1 Å². The number of rotatable bonds is 3. The van der Waals surface area contributed by atoms with Crippen molar-refractivity contribution in [2.24, 2.45) is 11.7 Å². The highest BCUT2D eigenvalue weighted by Crippen LogP contribution is 2.37. The van der Waals surface area contributed by atoms with Crippen molar-refractivity contribution in [3.63, 3.8) is 0 Å². The Morgan fingerprint density at radius 3 is 2.75 bits per heavy atom. The summed E-state index contributed by atoms with van der Waals surface area (Å²) in [4.78, 5) is 11.4. The van der Waals surface area contributed by atoms with Crippen LogP contribution in [0.25, 0.3) is 0 Å². The Labute approximate surface area is 72.7 Å². The first-order valence-corrected chi connectivity index (χ1v) is 4.75. The molecule has 2 aliphatic carbocycles. The van der Waals surface area contributed by atoms with E-state index in [2.05, 4.69) is 12.2 Å². The minimum Gasteiger partial charge on any atom is -0.351 e. The predicted molar refractivity (Wildman–Crippen MR) is 46.5 cm³/mol. The summed E-state index contributed by atoms with van der Waals surface area (Å²) in [5.74, 6) is 0.791. The molecule has 0 aromatic heterocycles. The van der Waals surface area contributed by atoms with Gasteiger partial charge in [0.2, 0.25) is 5.91 Å². The van der Waals surface area contributed by atoms with Crippen molar-refractivity contribution in [2.75, 3.05) is 0 Å². The van der Waals surface area contributed by atoms with Crippen molar-refractivity contribution in [1.29, 1.82) is 0 Å². The first-order chi connectivity index (χ1) is 5.65.